The number of aliphatic hydroxyl groups is 1. The van der Waals surface area contributed by atoms with Crippen molar-refractivity contribution in [2.75, 3.05) is 6.61 Å². The van der Waals surface area contributed by atoms with Gasteiger partial charge in [-0.1, -0.05) is 47.7 Å². The van der Waals surface area contributed by atoms with Crippen molar-refractivity contribution in [1.29, 1.82) is 0 Å². The second kappa shape index (κ2) is 9.38. The van der Waals surface area contributed by atoms with Crippen LogP contribution < -0.4 is 0 Å². The Morgan fingerprint density at radius 1 is 1.15 bits per heavy atom. The highest BCUT2D eigenvalue weighted by molar-refractivity contribution is 8.18. The van der Waals surface area contributed by atoms with E-state index < -0.39 is 11.9 Å². The first-order valence-electron chi connectivity index (χ1n) is 10.3. The Kier molecular flexibility index (Phi) is 6.37. The average molecular weight is 463 g/mol. The number of ether oxygens (including phenoxy) is 1. The SMILES string of the molecule is CCOC(=O)C1=C(O)/C(=C/c2cn(CC(=O)O)c3ccccc23)SC1=Nc1ccc(C)cc1. The Morgan fingerprint density at radius 2 is 1.88 bits per heavy atom. The molecule has 0 unspecified atom stereocenters. The number of para-hydroxylation sites is 1. The summed E-state index contributed by atoms with van der Waals surface area (Å²) in [5.74, 6) is -1.81. The predicted molar refractivity (Wildman–Crippen MR) is 130 cm³/mol. The monoisotopic (exact) mass is 462 g/mol. The molecule has 0 amide bonds. The summed E-state index contributed by atoms with van der Waals surface area (Å²) in [5, 5.41) is 21.4. The summed E-state index contributed by atoms with van der Waals surface area (Å²) in [7, 11) is 0. The molecule has 0 atom stereocenters. The lowest BCUT2D eigenvalue weighted by atomic mass is 10.1. The van der Waals surface area contributed by atoms with Crippen LogP contribution >= 0.6 is 11.8 Å². The summed E-state index contributed by atoms with van der Waals surface area (Å²) in [6.07, 6.45) is 3.45. The predicted octanol–water partition coefficient (Wildman–Crippen LogP) is 5.23. The van der Waals surface area contributed by atoms with Gasteiger partial charge in [0.25, 0.3) is 0 Å². The van der Waals surface area contributed by atoms with Crippen molar-refractivity contribution in [3.05, 3.63) is 82.1 Å². The molecule has 2 N–H and O–H groups in total. The minimum atomic E-state index is -0.954. The van der Waals surface area contributed by atoms with Gasteiger partial charge in [0.2, 0.25) is 0 Å². The van der Waals surface area contributed by atoms with Gasteiger partial charge in [-0.3, -0.25) is 4.79 Å². The van der Waals surface area contributed by atoms with Gasteiger partial charge >= 0.3 is 11.9 Å². The van der Waals surface area contributed by atoms with E-state index in [-0.39, 0.29) is 24.5 Å². The van der Waals surface area contributed by atoms with Crippen LogP contribution in [0.3, 0.4) is 0 Å². The highest BCUT2D eigenvalue weighted by Gasteiger charge is 2.33. The van der Waals surface area contributed by atoms with Gasteiger partial charge in [0.15, 0.2) is 0 Å². The number of carbonyl (C=O) groups is 2. The molecule has 0 bridgehead atoms. The van der Waals surface area contributed by atoms with Gasteiger partial charge in [0.05, 0.1) is 17.2 Å². The van der Waals surface area contributed by atoms with Crippen LogP contribution in [0.5, 0.6) is 0 Å². The zero-order chi connectivity index (χ0) is 23.5. The van der Waals surface area contributed by atoms with Crippen LogP contribution in [-0.2, 0) is 20.9 Å². The number of hydrogen-bond donors (Lipinski definition) is 2. The summed E-state index contributed by atoms with van der Waals surface area (Å²) < 4.78 is 6.79. The van der Waals surface area contributed by atoms with Crippen LogP contribution in [0.25, 0.3) is 17.0 Å². The molecule has 0 aliphatic carbocycles. The number of aliphatic hydroxyl groups excluding tert-OH is 1. The van der Waals surface area contributed by atoms with E-state index in [1.807, 2.05) is 55.5 Å². The Bertz CT molecular complexity index is 1330. The fourth-order valence-corrected chi connectivity index (χ4v) is 4.56. The van der Waals surface area contributed by atoms with Gasteiger partial charge in [-0.15, -0.1) is 0 Å². The smallest absolute Gasteiger partial charge is 0.344 e. The maximum Gasteiger partial charge on any atom is 0.344 e. The third-order valence-corrected chi connectivity index (χ3v) is 6.07. The third-order valence-electron chi connectivity index (χ3n) is 5.05. The molecular formula is C25H22N2O5S. The fourth-order valence-electron chi connectivity index (χ4n) is 3.54. The number of aliphatic imine (C=N–C) groups is 1. The molecule has 33 heavy (non-hydrogen) atoms. The first kappa shape index (κ1) is 22.4. The van der Waals surface area contributed by atoms with E-state index in [9.17, 15) is 19.8 Å². The number of carboxylic acids is 1. The Hall–Kier alpha value is -3.78. The molecule has 4 rings (SSSR count). The lowest BCUT2D eigenvalue weighted by Gasteiger charge is -2.04. The van der Waals surface area contributed by atoms with E-state index in [1.54, 1.807) is 23.8 Å². The number of hydrogen-bond acceptors (Lipinski definition) is 6. The van der Waals surface area contributed by atoms with Crippen LogP contribution in [0.4, 0.5) is 5.69 Å². The van der Waals surface area contributed by atoms with Crippen LogP contribution in [0.1, 0.15) is 18.1 Å². The van der Waals surface area contributed by atoms with Crippen molar-refractivity contribution in [1.82, 2.24) is 4.57 Å². The van der Waals surface area contributed by atoms with E-state index in [0.717, 1.165) is 22.0 Å². The van der Waals surface area contributed by atoms with E-state index in [2.05, 4.69) is 4.99 Å². The normalized spacial score (nSPS) is 16.2. The number of nitrogens with zero attached hydrogens (tertiary/aromatic N) is 2. The number of fused-ring (bicyclic) bond motifs is 1. The first-order valence-corrected chi connectivity index (χ1v) is 11.1. The highest BCUT2D eigenvalue weighted by atomic mass is 32.2. The van der Waals surface area contributed by atoms with Crippen molar-refractivity contribution in [3.63, 3.8) is 0 Å². The third kappa shape index (κ3) is 4.70. The van der Waals surface area contributed by atoms with Gasteiger partial charge in [-0.2, -0.15) is 0 Å². The minimum absolute atomic E-state index is 0.0166. The molecule has 2 heterocycles. The average Bonchev–Trinajstić information content (AvgIpc) is 3.27. The van der Waals surface area contributed by atoms with Crippen LogP contribution in [0, 0.1) is 6.92 Å². The maximum atomic E-state index is 12.6. The molecule has 1 aliphatic heterocycles. The standard InChI is InChI=1S/C25H22N2O5S/c1-3-32-25(31)22-23(30)20(33-24(22)26-17-10-8-15(2)9-11-17)12-16-13-27(14-21(28)29)19-7-5-4-6-18(16)19/h4-13,30H,3,14H2,1-2H3,(H,28,29)/b20-12-,26-24?. The van der Waals surface area contributed by atoms with Crippen molar-refractivity contribution >= 4 is 51.4 Å². The molecule has 0 fully saturated rings. The molecule has 1 aromatic heterocycles. The zero-order valence-corrected chi connectivity index (χ0v) is 18.9. The van der Waals surface area contributed by atoms with E-state index in [4.69, 9.17) is 4.74 Å². The molecule has 2 aromatic carbocycles. The number of aliphatic carboxylic acids is 1. The lowest BCUT2D eigenvalue weighted by molar-refractivity contribution is -0.138. The van der Waals surface area contributed by atoms with Gasteiger partial charge in [0, 0.05) is 22.7 Å². The van der Waals surface area contributed by atoms with Gasteiger partial charge in [-0.25, -0.2) is 9.79 Å². The quantitative estimate of drug-likeness (QED) is 0.487. The van der Waals surface area contributed by atoms with E-state index >= 15 is 0 Å². The largest absolute Gasteiger partial charge is 0.506 e. The minimum Gasteiger partial charge on any atom is -0.506 e. The summed E-state index contributed by atoms with van der Waals surface area (Å²) >= 11 is 1.17. The summed E-state index contributed by atoms with van der Waals surface area (Å²) in [5.41, 5.74) is 3.23. The Balaban J connectivity index is 1.80. The van der Waals surface area contributed by atoms with Crippen LogP contribution in [0.2, 0.25) is 0 Å². The van der Waals surface area contributed by atoms with Crippen molar-refractivity contribution in [3.8, 4) is 0 Å². The highest BCUT2D eigenvalue weighted by Crippen LogP contribution is 2.41. The van der Waals surface area contributed by atoms with Gasteiger partial charge < -0.3 is 19.5 Å². The molecule has 0 saturated carbocycles. The van der Waals surface area contributed by atoms with Crippen molar-refractivity contribution in [2.45, 2.75) is 20.4 Å². The zero-order valence-electron chi connectivity index (χ0n) is 18.1. The maximum absolute atomic E-state index is 12.6. The van der Waals surface area contributed by atoms with Crippen molar-refractivity contribution < 1.29 is 24.5 Å². The lowest BCUT2D eigenvalue weighted by Crippen LogP contribution is -2.12. The number of carbonyl (C=O) groups excluding carboxylic acids is 1. The number of rotatable bonds is 6. The molecule has 1 aliphatic rings. The van der Waals surface area contributed by atoms with Crippen LogP contribution in [0.15, 0.2) is 76.0 Å². The Morgan fingerprint density at radius 3 is 2.58 bits per heavy atom. The van der Waals surface area contributed by atoms with Crippen LogP contribution in [-0.4, -0.2) is 38.4 Å². The topological polar surface area (TPSA) is 101 Å². The van der Waals surface area contributed by atoms with Crippen molar-refractivity contribution in [2.24, 2.45) is 4.99 Å². The number of esters is 1. The molecule has 0 radical (unpaired) electrons. The second-order valence-electron chi connectivity index (χ2n) is 7.43. The Labute approximate surface area is 194 Å². The van der Waals surface area contributed by atoms with Gasteiger partial charge in [-0.05, 0) is 38.1 Å². The van der Waals surface area contributed by atoms with Gasteiger partial charge in [0.1, 0.15) is 22.9 Å². The molecule has 168 valence electrons. The van der Waals surface area contributed by atoms with E-state index in [1.165, 1.54) is 11.8 Å². The summed E-state index contributed by atoms with van der Waals surface area (Å²) in [4.78, 5) is 28.9. The number of carboxylic acid groups (broad SMARTS) is 1. The number of benzene rings is 2. The first-order chi connectivity index (χ1) is 15.9. The molecular weight excluding hydrogens is 440 g/mol. The molecule has 7 nitrogen and oxygen atoms in total. The molecule has 0 spiro atoms. The summed E-state index contributed by atoms with van der Waals surface area (Å²) in [6, 6.07) is 14.9. The van der Waals surface area contributed by atoms with E-state index in [0.29, 0.717) is 15.6 Å². The number of aromatic nitrogens is 1. The number of aryl methyl sites for hydroxylation is 1. The fraction of sp³-hybridized carbons (Fsp3) is 0.160. The molecule has 0 saturated heterocycles. The molecule has 8 heteroatoms. The second-order valence-corrected chi connectivity index (χ2v) is 8.46. The number of thioether (sulfide) groups is 1. The summed E-state index contributed by atoms with van der Waals surface area (Å²) in [6.45, 7) is 3.65. The molecule has 3 aromatic rings.